The van der Waals surface area contributed by atoms with Crippen molar-refractivity contribution in [1.82, 2.24) is 4.90 Å². The molecule has 0 bridgehead atoms. The summed E-state index contributed by atoms with van der Waals surface area (Å²) in [5.74, 6) is -0.219. The fraction of sp³-hybridized carbons (Fsp3) is 0.579. The lowest BCUT2D eigenvalue weighted by Crippen LogP contribution is -2.42. The summed E-state index contributed by atoms with van der Waals surface area (Å²) in [5.41, 5.74) is 7.71. The average Bonchev–Trinajstić information content (AvgIpc) is 2.95. The van der Waals surface area contributed by atoms with E-state index < -0.39 is 0 Å². The molecule has 132 valence electrons. The van der Waals surface area contributed by atoms with Crippen LogP contribution in [0.2, 0.25) is 0 Å². The average molecular weight is 331 g/mol. The van der Waals surface area contributed by atoms with Gasteiger partial charge >= 0.3 is 0 Å². The molecule has 1 aliphatic heterocycles. The van der Waals surface area contributed by atoms with Crippen molar-refractivity contribution in [2.75, 3.05) is 31.6 Å². The van der Waals surface area contributed by atoms with E-state index in [9.17, 15) is 9.59 Å². The zero-order chi connectivity index (χ0) is 17.9. The first kappa shape index (κ1) is 18.5. The van der Waals surface area contributed by atoms with Crippen LogP contribution in [0, 0.1) is 11.3 Å². The molecule has 1 aliphatic rings. The molecule has 0 saturated carbocycles. The Morgan fingerprint density at radius 2 is 2.04 bits per heavy atom. The Bertz CT molecular complexity index is 612. The van der Waals surface area contributed by atoms with Gasteiger partial charge in [-0.3, -0.25) is 9.59 Å². The van der Waals surface area contributed by atoms with E-state index in [0.717, 1.165) is 17.7 Å². The van der Waals surface area contributed by atoms with Gasteiger partial charge in [0.1, 0.15) is 0 Å². The van der Waals surface area contributed by atoms with E-state index in [1.807, 2.05) is 38.1 Å². The Kier molecular flexibility index (Phi) is 5.65. The lowest BCUT2D eigenvalue weighted by atomic mass is 9.92. The Morgan fingerprint density at radius 1 is 1.38 bits per heavy atom. The summed E-state index contributed by atoms with van der Waals surface area (Å²) in [6.07, 6.45) is 1.15. The fourth-order valence-electron chi connectivity index (χ4n) is 3.28. The molecular formula is C19H29N3O2. The van der Waals surface area contributed by atoms with E-state index >= 15 is 0 Å². The molecule has 0 aromatic heterocycles. The van der Waals surface area contributed by atoms with E-state index in [-0.39, 0.29) is 29.6 Å². The molecule has 5 heteroatoms. The van der Waals surface area contributed by atoms with Gasteiger partial charge in [-0.15, -0.1) is 0 Å². The first-order valence-electron chi connectivity index (χ1n) is 8.62. The second-order valence-corrected chi connectivity index (χ2v) is 7.45. The zero-order valence-corrected chi connectivity index (χ0v) is 15.2. The minimum atomic E-state index is -0.277. The molecule has 2 amide bonds. The molecule has 1 atom stereocenters. The van der Waals surface area contributed by atoms with Gasteiger partial charge < -0.3 is 15.5 Å². The molecule has 24 heavy (non-hydrogen) atoms. The maximum absolute atomic E-state index is 12.7. The topological polar surface area (TPSA) is 66.6 Å². The third-order valence-corrected chi connectivity index (χ3v) is 4.73. The number of benzene rings is 1. The highest BCUT2D eigenvalue weighted by Gasteiger charge is 2.37. The quantitative estimate of drug-likeness (QED) is 0.867. The number of para-hydroxylation sites is 1. The highest BCUT2D eigenvalue weighted by Crippen LogP contribution is 2.29. The molecule has 0 spiro atoms. The molecule has 1 saturated heterocycles. The number of carbonyl (C=O) groups excluding carboxylic acids is 2. The summed E-state index contributed by atoms with van der Waals surface area (Å²) in [5, 5.41) is 0. The Balaban J connectivity index is 2.10. The first-order valence-corrected chi connectivity index (χ1v) is 8.62. The number of aryl methyl sites for hydroxylation is 1. The number of hydrogen-bond acceptors (Lipinski definition) is 3. The summed E-state index contributed by atoms with van der Waals surface area (Å²) in [6, 6.07) is 7.92. The van der Waals surface area contributed by atoms with Crippen LogP contribution in [0.1, 0.15) is 32.8 Å². The van der Waals surface area contributed by atoms with Crippen LogP contribution in [0.5, 0.6) is 0 Å². The molecule has 1 aromatic rings. The van der Waals surface area contributed by atoms with E-state index in [1.165, 1.54) is 0 Å². The predicted molar refractivity (Wildman–Crippen MR) is 96.8 cm³/mol. The van der Waals surface area contributed by atoms with Crippen LogP contribution < -0.4 is 10.6 Å². The number of carbonyl (C=O) groups is 2. The number of nitrogens with two attached hydrogens (primary N) is 1. The van der Waals surface area contributed by atoms with Crippen molar-refractivity contribution < 1.29 is 9.59 Å². The Hall–Kier alpha value is -1.88. The van der Waals surface area contributed by atoms with Crippen LogP contribution >= 0.6 is 0 Å². The molecule has 2 rings (SSSR count). The van der Waals surface area contributed by atoms with Gasteiger partial charge in [0.2, 0.25) is 11.8 Å². The SMILES string of the molecule is CCc1ccccc1N1CC(C(=O)N(C)CC(C)(C)CN)CC1=O. The Morgan fingerprint density at radius 3 is 2.67 bits per heavy atom. The summed E-state index contributed by atoms with van der Waals surface area (Å²) >= 11 is 0. The molecule has 1 aromatic carbocycles. The van der Waals surface area contributed by atoms with E-state index in [4.69, 9.17) is 5.73 Å². The van der Waals surface area contributed by atoms with Crippen molar-refractivity contribution in [2.45, 2.75) is 33.6 Å². The van der Waals surface area contributed by atoms with E-state index in [0.29, 0.717) is 19.6 Å². The van der Waals surface area contributed by atoms with Crippen LogP contribution in [0.15, 0.2) is 24.3 Å². The number of hydrogen-bond donors (Lipinski definition) is 1. The van der Waals surface area contributed by atoms with Gasteiger partial charge in [-0.25, -0.2) is 0 Å². The van der Waals surface area contributed by atoms with Gasteiger partial charge in [0.15, 0.2) is 0 Å². The molecular weight excluding hydrogens is 302 g/mol. The fourth-order valence-corrected chi connectivity index (χ4v) is 3.28. The van der Waals surface area contributed by atoms with Gasteiger partial charge in [0.05, 0.1) is 5.92 Å². The molecule has 1 heterocycles. The molecule has 5 nitrogen and oxygen atoms in total. The lowest BCUT2D eigenvalue weighted by Gasteiger charge is -2.30. The van der Waals surface area contributed by atoms with Crippen molar-refractivity contribution in [3.05, 3.63) is 29.8 Å². The van der Waals surface area contributed by atoms with E-state index in [1.54, 1.807) is 16.8 Å². The van der Waals surface area contributed by atoms with Crippen LogP contribution in [0.3, 0.4) is 0 Å². The van der Waals surface area contributed by atoms with Crippen LogP contribution in [0.25, 0.3) is 0 Å². The molecule has 1 fully saturated rings. The summed E-state index contributed by atoms with van der Waals surface area (Å²) in [7, 11) is 1.80. The van der Waals surface area contributed by atoms with Crippen LogP contribution in [-0.4, -0.2) is 43.4 Å². The van der Waals surface area contributed by atoms with Crippen LogP contribution in [0.4, 0.5) is 5.69 Å². The molecule has 1 unspecified atom stereocenters. The van der Waals surface area contributed by atoms with Gasteiger partial charge in [0.25, 0.3) is 0 Å². The maximum Gasteiger partial charge on any atom is 0.227 e. The predicted octanol–water partition coefficient (Wildman–Crippen LogP) is 2.05. The van der Waals surface area contributed by atoms with Crippen molar-refractivity contribution in [3.63, 3.8) is 0 Å². The van der Waals surface area contributed by atoms with Crippen molar-refractivity contribution >= 4 is 17.5 Å². The van der Waals surface area contributed by atoms with E-state index in [2.05, 4.69) is 6.92 Å². The standard InChI is InChI=1S/C19H29N3O2/c1-5-14-8-6-7-9-16(14)22-11-15(10-17(22)23)18(24)21(4)13-19(2,3)12-20/h6-9,15H,5,10-13,20H2,1-4H3. The zero-order valence-electron chi connectivity index (χ0n) is 15.2. The highest BCUT2D eigenvalue weighted by molar-refractivity contribution is 6.00. The second kappa shape index (κ2) is 7.34. The van der Waals surface area contributed by atoms with Crippen molar-refractivity contribution in [2.24, 2.45) is 17.1 Å². The van der Waals surface area contributed by atoms with Gasteiger partial charge in [-0.2, -0.15) is 0 Å². The smallest absolute Gasteiger partial charge is 0.227 e. The molecule has 0 aliphatic carbocycles. The minimum absolute atomic E-state index is 0.0285. The number of anilines is 1. The Labute approximate surface area is 144 Å². The van der Waals surface area contributed by atoms with Gasteiger partial charge in [-0.1, -0.05) is 39.0 Å². The van der Waals surface area contributed by atoms with Gasteiger partial charge in [-0.05, 0) is 30.0 Å². The summed E-state index contributed by atoms with van der Waals surface area (Å²) < 4.78 is 0. The molecule has 0 radical (unpaired) electrons. The minimum Gasteiger partial charge on any atom is -0.345 e. The lowest BCUT2D eigenvalue weighted by molar-refractivity contribution is -0.135. The third kappa shape index (κ3) is 3.96. The summed E-state index contributed by atoms with van der Waals surface area (Å²) in [6.45, 7) is 7.73. The van der Waals surface area contributed by atoms with Crippen molar-refractivity contribution in [3.8, 4) is 0 Å². The highest BCUT2D eigenvalue weighted by atomic mass is 16.2. The third-order valence-electron chi connectivity index (χ3n) is 4.73. The number of nitrogens with zero attached hydrogens (tertiary/aromatic N) is 2. The van der Waals surface area contributed by atoms with Crippen LogP contribution in [-0.2, 0) is 16.0 Å². The van der Waals surface area contributed by atoms with Crippen molar-refractivity contribution in [1.29, 1.82) is 0 Å². The summed E-state index contributed by atoms with van der Waals surface area (Å²) in [4.78, 5) is 28.7. The monoisotopic (exact) mass is 331 g/mol. The maximum atomic E-state index is 12.7. The number of amides is 2. The normalized spacial score (nSPS) is 18.1. The molecule has 2 N–H and O–H groups in total. The largest absolute Gasteiger partial charge is 0.345 e. The second-order valence-electron chi connectivity index (χ2n) is 7.45. The van der Waals surface area contributed by atoms with Gasteiger partial charge in [0, 0.05) is 32.2 Å². The first-order chi connectivity index (χ1) is 11.3. The number of rotatable bonds is 6.